The van der Waals surface area contributed by atoms with Crippen molar-refractivity contribution in [2.24, 2.45) is 10.8 Å². The van der Waals surface area contributed by atoms with E-state index in [4.69, 9.17) is 9.15 Å². The number of likely N-dealkylation sites (tertiary alicyclic amines) is 1. The van der Waals surface area contributed by atoms with Gasteiger partial charge in [-0.2, -0.15) is 0 Å². The molecule has 2 amide bonds. The van der Waals surface area contributed by atoms with Crippen molar-refractivity contribution in [2.75, 3.05) is 26.8 Å². The maximum atomic E-state index is 13.3. The Hall–Kier alpha value is -2.54. The standard InChI is InChI=1S/C27H39N3O4/c1-6-11-29(24(31)17-33-5)15-20-8-7-12-28(20)16-22-9-10-23(34-22)25(32)30-19-27(4)14-21(30)13-26(2,3)18-27/h7-10,12,21H,6,11,13-19H2,1-5H3. The first-order valence-electron chi connectivity index (χ1n) is 12.4. The number of carbonyl (C=O) groups excluding carboxylic acids is 2. The molecule has 1 saturated carbocycles. The minimum Gasteiger partial charge on any atom is -0.454 e. The fourth-order valence-electron chi connectivity index (χ4n) is 6.30. The molecular weight excluding hydrogens is 430 g/mol. The van der Waals surface area contributed by atoms with E-state index in [9.17, 15) is 9.59 Å². The Morgan fingerprint density at radius 3 is 2.74 bits per heavy atom. The van der Waals surface area contributed by atoms with Gasteiger partial charge in [0.1, 0.15) is 12.4 Å². The van der Waals surface area contributed by atoms with E-state index in [0.717, 1.165) is 43.7 Å². The number of amides is 2. The lowest BCUT2D eigenvalue weighted by Crippen LogP contribution is -2.37. The third-order valence-corrected chi connectivity index (χ3v) is 7.26. The van der Waals surface area contributed by atoms with Gasteiger partial charge in [0.05, 0.1) is 13.1 Å². The molecule has 2 unspecified atom stereocenters. The Bertz CT molecular complexity index is 1020. The third kappa shape index (κ3) is 5.24. The fraction of sp³-hybridized carbons (Fsp3) is 0.630. The van der Waals surface area contributed by atoms with Gasteiger partial charge < -0.3 is 23.5 Å². The molecule has 186 valence electrons. The monoisotopic (exact) mass is 469 g/mol. The van der Waals surface area contributed by atoms with Crippen LogP contribution in [0.3, 0.4) is 0 Å². The average molecular weight is 470 g/mol. The van der Waals surface area contributed by atoms with Crippen LogP contribution in [0.25, 0.3) is 0 Å². The number of ether oxygens (including phenoxy) is 1. The Morgan fingerprint density at radius 1 is 1.21 bits per heavy atom. The number of furan rings is 1. The van der Waals surface area contributed by atoms with Crippen LogP contribution in [0.5, 0.6) is 0 Å². The summed E-state index contributed by atoms with van der Waals surface area (Å²) in [6.07, 6.45) is 6.15. The predicted molar refractivity (Wildman–Crippen MR) is 130 cm³/mol. The van der Waals surface area contributed by atoms with Crippen molar-refractivity contribution in [1.29, 1.82) is 0 Å². The molecule has 3 heterocycles. The molecule has 1 aliphatic carbocycles. The highest BCUT2D eigenvalue weighted by Crippen LogP contribution is 2.52. The van der Waals surface area contributed by atoms with E-state index in [1.807, 2.05) is 40.3 Å². The van der Waals surface area contributed by atoms with Crippen molar-refractivity contribution in [3.05, 3.63) is 47.7 Å². The highest BCUT2D eigenvalue weighted by Gasteiger charge is 2.51. The number of fused-ring (bicyclic) bond motifs is 2. The molecule has 2 aliphatic rings. The maximum Gasteiger partial charge on any atom is 0.289 e. The van der Waals surface area contributed by atoms with Crippen molar-refractivity contribution in [2.45, 2.75) is 72.5 Å². The Kier molecular flexibility index (Phi) is 6.94. The van der Waals surface area contributed by atoms with Crippen LogP contribution < -0.4 is 0 Å². The number of hydrogen-bond donors (Lipinski definition) is 0. The van der Waals surface area contributed by atoms with E-state index in [2.05, 4.69) is 32.3 Å². The van der Waals surface area contributed by atoms with E-state index in [1.54, 1.807) is 0 Å². The van der Waals surface area contributed by atoms with E-state index >= 15 is 0 Å². The molecule has 2 bridgehead atoms. The second kappa shape index (κ2) is 9.61. The van der Waals surface area contributed by atoms with E-state index in [1.165, 1.54) is 7.11 Å². The van der Waals surface area contributed by atoms with E-state index in [0.29, 0.717) is 31.4 Å². The van der Waals surface area contributed by atoms with Gasteiger partial charge in [-0.15, -0.1) is 0 Å². The zero-order valence-electron chi connectivity index (χ0n) is 21.3. The topological polar surface area (TPSA) is 67.9 Å². The summed E-state index contributed by atoms with van der Waals surface area (Å²) < 4.78 is 13.2. The van der Waals surface area contributed by atoms with Crippen LogP contribution in [0.15, 0.2) is 34.9 Å². The quantitative estimate of drug-likeness (QED) is 0.540. The SMILES string of the molecule is CCCN(Cc1cccn1Cc1ccc(C(=O)N2CC3(C)CC2CC(C)(C)C3)o1)C(=O)COC. The summed E-state index contributed by atoms with van der Waals surface area (Å²) in [4.78, 5) is 29.6. The van der Waals surface area contributed by atoms with Gasteiger partial charge in [0.2, 0.25) is 5.91 Å². The summed E-state index contributed by atoms with van der Waals surface area (Å²) in [5.41, 5.74) is 1.48. The molecule has 0 N–H and O–H groups in total. The highest BCUT2D eigenvalue weighted by molar-refractivity contribution is 5.92. The molecule has 1 saturated heterocycles. The normalized spacial score (nSPS) is 23.3. The lowest BCUT2D eigenvalue weighted by Gasteiger charge is -2.39. The van der Waals surface area contributed by atoms with Crippen LogP contribution in [0.1, 0.15) is 75.4 Å². The van der Waals surface area contributed by atoms with Gasteiger partial charge in [0.25, 0.3) is 5.91 Å². The van der Waals surface area contributed by atoms with Gasteiger partial charge in [-0.1, -0.05) is 27.7 Å². The van der Waals surface area contributed by atoms with Crippen molar-refractivity contribution in [3.8, 4) is 0 Å². The van der Waals surface area contributed by atoms with Crippen LogP contribution in [-0.4, -0.2) is 59.0 Å². The fourth-order valence-corrected chi connectivity index (χ4v) is 6.30. The Labute approximate surface area is 203 Å². The van der Waals surface area contributed by atoms with Gasteiger partial charge in [-0.3, -0.25) is 9.59 Å². The Morgan fingerprint density at radius 2 is 2.00 bits per heavy atom. The third-order valence-electron chi connectivity index (χ3n) is 7.26. The van der Waals surface area contributed by atoms with Crippen molar-refractivity contribution in [1.82, 2.24) is 14.4 Å². The lowest BCUT2D eigenvalue weighted by atomic mass is 9.65. The summed E-state index contributed by atoms with van der Waals surface area (Å²) in [5.74, 6) is 1.14. The molecule has 0 spiro atoms. The minimum atomic E-state index is -0.0179. The van der Waals surface area contributed by atoms with E-state index in [-0.39, 0.29) is 29.3 Å². The van der Waals surface area contributed by atoms with Gasteiger partial charge in [-0.25, -0.2) is 0 Å². The zero-order chi connectivity index (χ0) is 24.5. The molecule has 0 radical (unpaired) electrons. The Balaban J connectivity index is 1.44. The summed E-state index contributed by atoms with van der Waals surface area (Å²) in [6.45, 7) is 11.6. The van der Waals surface area contributed by atoms with Crippen LogP contribution in [0.2, 0.25) is 0 Å². The maximum absolute atomic E-state index is 13.3. The number of hydrogen-bond acceptors (Lipinski definition) is 4. The van der Waals surface area contributed by atoms with Gasteiger partial charge in [-0.05, 0) is 60.8 Å². The molecule has 2 atom stereocenters. The molecule has 7 nitrogen and oxygen atoms in total. The number of nitrogens with zero attached hydrogens (tertiary/aromatic N) is 3. The summed E-state index contributed by atoms with van der Waals surface area (Å²) in [5, 5.41) is 0. The molecule has 0 aromatic carbocycles. The van der Waals surface area contributed by atoms with E-state index < -0.39 is 0 Å². The summed E-state index contributed by atoms with van der Waals surface area (Å²) in [6, 6.07) is 7.99. The first kappa shape index (κ1) is 24.6. The highest BCUT2D eigenvalue weighted by atomic mass is 16.5. The van der Waals surface area contributed by atoms with Crippen molar-refractivity contribution < 1.29 is 18.7 Å². The van der Waals surface area contributed by atoms with Gasteiger partial charge >= 0.3 is 0 Å². The van der Waals surface area contributed by atoms with Crippen LogP contribution in [0.4, 0.5) is 0 Å². The average Bonchev–Trinajstić information content (AvgIpc) is 3.45. The summed E-state index contributed by atoms with van der Waals surface area (Å²) >= 11 is 0. The molecule has 2 aromatic heterocycles. The van der Waals surface area contributed by atoms with Gasteiger partial charge in [0, 0.05) is 38.1 Å². The number of carbonyl (C=O) groups is 2. The molecule has 1 aliphatic heterocycles. The van der Waals surface area contributed by atoms with Crippen LogP contribution in [-0.2, 0) is 22.6 Å². The van der Waals surface area contributed by atoms with Gasteiger partial charge in [0.15, 0.2) is 5.76 Å². The molecule has 2 fully saturated rings. The lowest BCUT2D eigenvalue weighted by molar-refractivity contribution is -0.135. The smallest absolute Gasteiger partial charge is 0.289 e. The zero-order valence-corrected chi connectivity index (χ0v) is 21.3. The number of rotatable bonds is 9. The first-order chi connectivity index (χ1) is 16.1. The molecule has 7 heteroatoms. The molecule has 4 rings (SSSR count). The largest absolute Gasteiger partial charge is 0.454 e. The second-order valence-corrected chi connectivity index (χ2v) is 11.3. The summed E-state index contributed by atoms with van der Waals surface area (Å²) in [7, 11) is 1.54. The minimum absolute atomic E-state index is 0.00434. The van der Waals surface area contributed by atoms with Crippen LogP contribution in [0, 0.1) is 10.8 Å². The number of aromatic nitrogens is 1. The predicted octanol–water partition coefficient (Wildman–Crippen LogP) is 4.56. The van der Waals surface area contributed by atoms with Crippen molar-refractivity contribution >= 4 is 11.8 Å². The second-order valence-electron chi connectivity index (χ2n) is 11.3. The van der Waals surface area contributed by atoms with Crippen molar-refractivity contribution in [3.63, 3.8) is 0 Å². The molecule has 34 heavy (non-hydrogen) atoms. The molecular formula is C27H39N3O4. The first-order valence-corrected chi connectivity index (χ1v) is 12.4. The van der Waals surface area contributed by atoms with Crippen LogP contribution >= 0.6 is 0 Å². The number of methoxy groups -OCH3 is 1. The molecule has 2 aromatic rings.